The van der Waals surface area contributed by atoms with Gasteiger partial charge in [0.1, 0.15) is 5.82 Å². The fourth-order valence-electron chi connectivity index (χ4n) is 3.12. The molecule has 1 aromatic carbocycles. The standard InChI is InChI=1S/C16H23N3/c1-11(2)15-18-13-9-12(5-6-14(13)19(15)4)16(7-8-16)10-17-3/h5-6,9,11,17H,7-8,10H2,1-4H3. The van der Waals surface area contributed by atoms with Crippen molar-refractivity contribution in [1.82, 2.24) is 14.9 Å². The molecule has 1 aromatic heterocycles. The number of aryl methyl sites for hydroxylation is 1. The Balaban J connectivity index is 2.07. The van der Waals surface area contributed by atoms with Gasteiger partial charge in [-0.1, -0.05) is 19.9 Å². The quantitative estimate of drug-likeness (QED) is 0.912. The Hall–Kier alpha value is -1.35. The summed E-state index contributed by atoms with van der Waals surface area (Å²) in [5, 5.41) is 3.33. The molecular formula is C16H23N3. The molecule has 2 aromatic rings. The first-order valence-corrected chi connectivity index (χ1v) is 7.19. The van der Waals surface area contributed by atoms with Crippen LogP contribution in [0.3, 0.4) is 0 Å². The van der Waals surface area contributed by atoms with Crippen molar-refractivity contribution >= 4 is 11.0 Å². The van der Waals surface area contributed by atoms with E-state index in [1.165, 1.54) is 29.7 Å². The molecule has 0 atom stereocenters. The third-order valence-electron chi connectivity index (χ3n) is 4.41. The molecule has 1 aliphatic carbocycles. The second-order valence-corrected chi connectivity index (χ2v) is 6.20. The van der Waals surface area contributed by atoms with Crippen LogP contribution in [-0.4, -0.2) is 23.1 Å². The molecule has 0 unspecified atom stereocenters. The minimum Gasteiger partial charge on any atom is -0.331 e. The van der Waals surface area contributed by atoms with E-state index in [0.29, 0.717) is 11.3 Å². The molecular weight excluding hydrogens is 234 g/mol. The van der Waals surface area contributed by atoms with Gasteiger partial charge in [-0.3, -0.25) is 0 Å². The number of fused-ring (bicyclic) bond motifs is 1. The van der Waals surface area contributed by atoms with Crippen molar-refractivity contribution in [1.29, 1.82) is 0 Å². The molecule has 1 saturated carbocycles. The van der Waals surface area contributed by atoms with Crippen LogP contribution in [-0.2, 0) is 12.5 Å². The molecule has 0 radical (unpaired) electrons. The van der Waals surface area contributed by atoms with Crippen molar-refractivity contribution in [2.24, 2.45) is 7.05 Å². The fraction of sp³-hybridized carbons (Fsp3) is 0.562. The number of rotatable bonds is 4. The summed E-state index contributed by atoms with van der Waals surface area (Å²) >= 11 is 0. The normalized spacial score (nSPS) is 17.3. The Morgan fingerprint density at radius 2 is 2.11 bits per heavy atom. The van der Waals surface area contributed by atoms with Gasteiger partial charge < -0.3 is 9.88 Å². The van der Waals surface area contributed by atoms with Crippen LogP contribution in [0.15, 0.2) is 18.2 Å². The highest BCUT2D eigenvalue weighted by molar-refractivity contribution is 5.77. The number of nitrogens with one attached hydrogen (secondary N) is 1. The van der Waals surface area contributed by atoms with E-state index in [1.807, 2.05) is 7.05 Å². The van der Waals surface area contributed by atoms with E-state index < -0.39 is 0 Å². The maximum absolute atomic E-state index is 4.82. The molecule has 1 N–H and O–H groups in total. The first-order valence-electron chi connectivity index (χ1n) is 7.19. The third-order valence-corrected chi connectivity index (χ3v) is 4.41. The second kappa shape index (κ2) is 4.34. The van der Waals surface area contributed by atoms with Crippen LogP contribution in [0.2, 0.25) is 0 Å². The molecule has 1 heterocycles. The predicted octanol–water partition coefficient (Wildman–Crippen LogP) is 2.95. The maximum atomic E-state index is 4.82. The smallest absolute Gasteiger partial charge is 0.112 e. The highest BCUT2D eigenvalue weighted by Gasteiger charge is 2.43. The SMILES string of the molecule is CNCC1(c2ccc3c(c2)nc(C(C)C)n3C)CC1. The van der Waals surface area contributed by atoms with Crippen molar-refractivity contribution < 1.29 is 0 Å². The Kier molecular flexibility index (Phi) is 2.90. The van der Waals surface area contributed by atoms with Gasteiger partial charge in [-0.25, -0.2) is 4.98 Å². The lowest BCUT2D eigenvalue weighted by Crippen LogP contribution is -2.23. The van der Waals surface area contributed by atoms with Gasteiger partial charge in [0, 0.05) is 24.9 Å². The summed E-state index contributed by atoms with van der Waals surface area (Å²) < 4.78 is 2.22. The minimum atomic E-state index is 0.373. The highest BCUT2D eigenvalue weighted by atomic mass is 15.1. The average Bonchev–Trinajstić information content (AvgIpc) is 3.09. The van der Waals surface area contributed by atoms with Gasteiger partial charge in [0.2, 0.25) is 0 Å². The van der Waals surface area contributed by atoms with E-state index in [2.05, 4.69) is 49.0 Å². The number of benzene rings is 1. The van der Waals surface area contributed by atoms with Crippen molar-refractivity contribution in [2.45, 2.75) is 38.0 Å². The van der Waals surface area contributed by atoms with Crippen LogP contribution in [0.5, 0.6) is 0 Å². The van der Waals surface area contributed by atoms with Crippen molar-refractivity contribution in [3.63, 3.8) is 0 Å². The Labute approximate surface area is 115 Å². The number of nitrogens with zero attached hydrogens (tertiary/aromatic N) is 2. The molecule has 3 rings (SSSR count). The van der Waals surface area contributed by atoms with Gasteiger partial charge in [-0.15, -0.1) is 0 Å². The average molecular weight is 257 g/mol. The first-order chi connectivity index (χ1) is 9.07. The fourth-order valence-corrected chi connectivity index (χ4v) is 3.12. The molecule has 0 bridgehead atoms. The van der Waals surface area contributed by atoms with E-state index in [1.54, 1.807) is 0 Å². The molecule has 3 nitrogen and oxygen atoms in total. The summed E-state index contributed by atoms with van der Waals surface area (Å²) in [6, 6.07) is 6.82. The van der Waals surface area contributed by atoms with Gasteiger partial charge in [-0.05, 0) is 37.6 Å². The number of aromatic nitrogens is 2. The first kappa shape index (κ1) is 12.7. The monoisotopic (exact) mass is 257 g/mol. The lowest BCUT2D eigenvalue weighted by atomic mass is 9.95. The van der Waals surface area contributed by atoms with Crippen molar-refractivity contribution in [2.75, 3.05) is 13.6 Å². The zero-order valence-corrected chi connectivity index (χ0v) is 12.3. The van der Waals surface area contributed by atoms with E-state index in [4.69, 9.17) is 4.98 Å². The predicted molar refractivity (Wildman–Crippen MR) is 79.6 cm³/mol. The summed E-state index contributed by atoms with van der Waals surface area (Å²) in [4.78, 5) is 4.82. The molecule has 1 fully saturated rings. The van der Waals surface area contributed by atoms with Crippen molar-refractivity contribution in [3.05, 3.63) is 29.6 Å². The summed E-state index contributed by atoms with van der Waals surface area (Å²) in [6.45, 7) is 5.47. The largest absolute Gasteiger partial charge is 0.331 e. The van der Waals surface area contributed by atoms with Crippen LogP contribution in [0, 0.1) is 0 Å². The number of hydrogen-bond donors (Lipinski definition) is 1. The summed E-state index contributed by atoms with van der Waals surface area (Å²) in [5.74, 6) is 1.64. The van der Waals surface area contributed by atoms with Crippen LogP contribution in [0.25, 0.3) is 11.0 Å². The Morgan fingerprint density at radius 3 is 2.68 bits per heavy atom. The van der Waals surface area contributed by atoms with E-state index in [-0.39, 0.29) is 0 Å². The zero-order valence-electron chi connectivity index (χ0n) is 12.3. The van der Waals surface area contributed by atoms with Gasteiger partial charge in [0.25, 0.3) is 0 Å². The van der Waals surface area contributed by atoms with Gasteiger partial charge in [0.05, 0.1) is 11.0 Å². The molecule has 1 aliphatic rings. The molecule has 0 aliphatic heterocycles. The van der Waals surface area contributed by atoms with Crippen LogP contribution < -0.4 is 5.32 Å². The summed E-state index contributed by atoms with van der Waals surface area (Å²) in [6.07, 6.45) is 2.59. The van der Waals surface area contributed by atoms with E-state index in [0.717, 1.165) is 12.1 Å². The highest BCUT2D eigenvalue weighted by Crippen LogP contribution is 2.48. The van der Waals surface area contributed by atoms with Crippen molar-refractivity contribution in [3.8, 4) is 0 Å². The van der Waals surface area contributed by atoms with Gasteiger partial charge in [-0.2, -0.15) is 0 Å². The molecule has 19 heavy (non-hydrogen) atoms. The number of hydrogen-bond acceptors (Lipinski definition) is 2. The number of imidazole rings is 1. The molecule has 0 saturated heterocycles. The topological polar surface area (TPSA) is 29.9 Å². The second-order valence-electron chi connectivity index (χ2n) is 6.20. The minimum absolute atomic E-state index is 0.373. The molecule has 0 amide bonds. The van der Waals surface area contributed by atoms with Gasteiger partial charge >= 0.3 is 0 Å². The molecule has 102 valence electrons. The Morgan fingerprint density at radius 1 is 1.37 bits per heavy atom. The zero-order chi connectivity index (χ0) is 13.6. The molecule has 0 spiro atoms. The van der Waals surface area contributed by atoms with Crippen LogP contribution in [0.1, 0.15) is 44.0 Å². The van der Waals surface area contributed by atoms with Crippen LogP contribution in [0.4, 0.5) is 0 Å². The summed E-state index contributed by atoms with van der Waals surface area (Å²) in [7, 11) is 4.15. The van der Waals surface area contributed by atoms with Gasteiger partial charge in [0.15, 0.2) is 0 Å². The lowest BCUT2D eigenvalue weighted by molar-refractivity contribution is 0.625. The Bertz CT molecular complexity index is 606. The maximum Gasteiger partial charge on any atom is 0.112 e. The third kappa shape index (κ3) is 1.96. The lowest BCUT2D eigenvalue weighted by Gasteiger charge is -2.14. The summed E-state index contributed by atoms with van der Waals surface area (Å²) in [5.41, 5.74) is 4.21. The number of likely N-dealkylation sites (N-methyl/N-ethyl adjacent to an activating group) is 1. The molecule has 3 heteroatoms. The van der Waals surface area contributed by atoms with Crippen LogP contribution >= 0.6 is 0 Å². The van der Waals surface area contributed by atoms with E-state index >= 15 is 0 Å². The van der Waals surface area contributed by atoms with E-state index in [9.17, 15) is 0 Å².